The zero-order valence-electron chi connectivity index (χ0n) is 15.0. The van der Waals surface area contributed by atoms with Gasteiger partial charge in [-0.2, -0.15) is 0 Å². The van der Waals surface area contributed by atoms with Crippen LogP contribution in [-0.4, -0.2) is 69.7 Å². The quantitative estimate of drug-likeness (QED) is 0.799. The smallest absolute Gasteiger partial charge is 0.289 e. The summed E-state index contributed by atoms with van der Waals surface area (Å²) in [7, 11) is -1.57. The highest BCUT2D eigenvalue weighted by molar-refractivity contribution is 7.88. The highest BCUT2D eigenvalue weighted by Gasteiger charge is 2.50. The van der Waals surface area contributed by atoms with Gasteiger partial charge < -0.3 is 14.1 Å². The van der Waals surface area contributed by atoms with E-state index in [1.54, 1.807) is 17.5 Å². The Labute approximate surface area is 149 Å². The normalized spacial score (nSPS) is 24.1. The topological polar surface area (TPSA) is 80.1 Å². The lowest BCUT2D eigenvalue weighted by atomic mass is 9.71. The van der Waals surface area contributed by atoms with Gasteiger partial charge in [0.1, 0.15) is 0 Å². The van der Waals surface area contributed by atoms with E-state index in [4.69, 9.17) is 9.15 Å². The summed E-state index contributed by atoms with van der Waals surface area (Å²) in [6.45, 7) is 4.63. The number of furan rings is 1. The highest BCUT2D eigenvalue weighted by atomic mass is 32.2. The van der Waals surface area contributed by atoms with Gasteiger partial charge in [0.05, 0.1) is 19.1 Å². The fraction of sp³-hybridized carbons (Fsp3) is 0.706. The molecule has 0 radical (unpaired) electrons. The van der Waals surface area contributed by atoms with Crippen molar-refractivity contribution in [2.24, 2.45) is 11.3 Å². The molecule has 7 nitrogen and oxygen atoms in total. The molecule has 1 aromatic rings. The van der Waals surface area contributed by atoms with E-state index < -0.39 is 10.0 Å². The van der Waals surface area contributed by atoms with Crippen molar-refractivity contribution >= 4 is 15.9 Å². The minimum atomic E-state index is -3.22. The van der Waals surface area contributed by atoms with Crippen LogP contribution in [0, 0.1) is 18.3 Å². The van der Waals surface area contributed by atoms with Gasteiger partial charge in [-0.1, -0.05) is 0 Å². The van der Waals surface area contributed by atoms with Crippen molar-refractivity contribution in [2.45, 2.75) is 19.8 Å². The third-order valence-electron chi connectivity index (χ3n) is 5.72. The molecule has 1 atom stereocenters. The first-order chi connectivity index (χ1) is 11.8. The Morgan fingerprint density at radius 3 is 2.60 bits per heavy atom. The maximum Gasteiger partial charge on any atom is 0.289 e. The number of amides is 1. The second-order valence-electron chi connectivity index (χ2n) is 7.30. The van der Waals surface area contributed by atoms with E-state index in [0.29, 0.717) is 38.5 Å². The molecule has 2 saturated heterocycles. The van der Waals surface area contributed by atoms with E-state index in [2.05, 4.69) is 0 Å². The van der Waals surface area contributed by atoms with Gasteiger partial charge in [0.2, 0.25) is 10.0 Å². The summed E-state index contributed by atoms with van der Waals surface area (Å²) < 4.78 is 36.2. The van der Waals surface area contributed by atoms with Crippen LogP contribution in [0.4, 0.5) is 0 Å². The van der Waals surface area contributed by atoms with Crippen LogP contribution in [0.1, 0.15) is 29.0 Å². The number of rotatable bonds is 4. The zero-order valence-corrected chi connectivity index (χ0v) is 15.8. The van der Waals surface area contributed by atoms with Crippen LogP contribution in [0.5, 0.6) is 0 Å². The second-order valence-corrected chi connectivity index (χ2v) is 9.28. The van der Waals surface area contributed by atoms with Gasteiger partial charge in [0, 0.05) is 44.8 Å². The predicted octanol–water partition coefficient (Wildman–Crippen LogP) is 1.35. The van der Waals surface area contributed by atoms with Crippen LogP contribution in [-0.2, 0) is 14.8 Å². The maximum atomic E-state index is 12.6. The third kappa shape index (κ3) is 3.47. The SMILES string of the molecule is COC[C@H]1CN(S(C)(=O)=O)CC12CCN(C(=O)c1occc1C)CC2. The van der Waals surface area contributed by atoms with E-state index in [1.165, 1.54) is 12.5 Å². The lowest BCUT2D eigenvalue weighted by molar-refractivity contribution is 0.0311. The van der Waals surface area contributed by atoms with Gasteiger partial charge in [0.25, 0.3) is 5.91 Å². The summed E-state index contributed by atoms with van der Waals surface area (Å²) in [6.07, 6.45) is 4.34. The molecule has 0 bridgehead atoms. The monoisotopic (exact) mass is 370 g/mol. The Bertz CT molecular complexity index is 734. The molecule has 2 aliphatic heterocycles. The number of likely N-dealkylation sites (tertiary alicyclic amines) is 1. The number of nitrogens with zero attached hydrogens (tertiary/aromatic N) is 2. The van der Waals surface area contributed by atoms with Crippen molar-refractivity contribution in [3.63, 3.8) is 0 Å². The van der Waals surface area contributed by atoms with Crippen LogP contribution in [0.25, 0.3) is 0 Å². The Morgan fingerprint density at radius 1 is 1.40 bits per heavy atom. The number of carbonyl (C=O) groups is 1. The van der Waals surface area contributed by atoms with Crippen molar-refractivity contribution in [3.05, 3.63) is 23.7 Å². The minimum Gasteiger partial charge on any atom is -0.459 e. The number of ether oxygens (including phenoxy) is 1. The number of methoxy groups -OCH3 is 1. The Kier molecular flexibility index (Phi) is 4.96. The molecule has 8 heteroatoms. The molecule has 3 rings (SSSR count). The van der Waals surface area contributed by atoms with Gasteiger partial charge in [-0.15, -0.1) is 0 Å². The average molecular weight is 370 g/mol. The molecule has 25 heavy (non-hydrogen) atoms. The number of hydrogen-bond acceptors (Lipinski definition) is 5. The molecule has 1 aromatic heterocycles. The second kappa shape index (κ2) is 6.74. The Morgan fingerprint density at radius 2 is 2.08 bits per heavy atom. The fourth-order valence-corrected chi connectivity index (χ4v) is 5.07. The average Bonchev–Trinajstić information content (AvgIpc) is 3.13. The third-order valence-corrected chi connectivity index (χ3v) is 6.94. The van der Waals surface area contributed by atoms with E-state index in [1.807, 2.05) is 11.8 Å². The first-order valence-corrected chi connectivity index (χ1v) is 10.4. The van der Waals surface area contributed by atoms with Gasteiger partial charge >= 0.3 is 0 Å². The van der Waals surface area contributed by atoms with Crippen LogP contribution in [0.3, 0.4) is 0 Å². The Hall–Kier alpha value is -1.38. The molecule has 1 amide bonds. The molecule has 1 spiro atoms. The van der Waals surface area contributed by atoms with Crippen molar-refractivity contribution in [1.82, 2.24) is 9.21 Å². The highest BCUT2D eigenvalue weighted by Crippen LogP contribution is 2.45. The number of aryl methyl sites for hydroxylation is 1. The molecular weight excluding hydrogens is 344 g/mol. The van der Waals surface area contributed by atoms with Gasteiger partial charge in [-0.25, -0.2) is 12.7 Å². The fourth-order valence-electron chi connectivity index (χ4n) is 4.12. The van der Waals surface area contributed by atoms with E-state index >= 15 is 0 Å². The number of piperidine rings is 1. The van der Waals surface area contributed by atoms with Crippen LogP contribution in [0.2, 0.25) is 0 Å². The summed E-state index contributed by atoms with van der Waals surface area (Å²) in [5.74, 6) is 0.474. The molecular formula is C17H26N2O5S. The summed E-state index contributed by atoms with van der Waals surface area (Å²) >= 11 is 0. The van der Waals surface area contributed by atoms with Crippen molar-refractivity contribution in [1.29, 1.82) is 0 Å². The molecule has 2 fully saturated rings. The molecule has 0 unspecified atom stereocenters. The molecule has 140 valence electrons. The number of sulfonamides is 1. The molecule has 0 N–H and O–H groups in total. The molecule has 0 aliphatic carbocycles. The standard InChI is InChI=1S/C17H26N2O5S/c1-13-4-9-24-15(13)16(20)18-7-5-17(6-8-18)12-19(25(3,21)22)10-14(17)11-23-2/h4,9,14H,5-8,10-12H2,1-3H3/t14-/m1/s1. The van der Waals surface area contributed by atoms with E-state index in [0.717, 1.165) is 18.4 Å². The number of carbonyl (C=O) groups excluding carboxylic acids is 1. The number of hydrogen-bond donors (Lipinski definition) is 0. The molecule has 0 saturated carbocycles. The van der Waals surface area contributed by atoms with Gasteiger partial charge in [0.15, 0.2) is 5.76 Å². The van der Waals surface area contributed by atoms with Crippen molar-refractivity contribution < 1.29 is 22.4 Å². The largest absolute Gasteiger partial charge is 0.459 e. The van der Waals surface area contributed by atoms with Crippen LogP contribution >= 0.6 is 0 Å². The van der Waals surface area contributed by atoms with Crippen LogP contribution in [0.15, 0.2) is 16.7 Å². The maximum absolute atomic E-state index is 12.6. The van der Waals surface area contributed by atoms with Gasteiger partial charge in [-0.3, -0.25) is 4.79 Å². The summed E-state index contributed by atoms with van der Waals surface area (Å²) in [5.41, 5.74) is 0.723. The Balaban J connectivity index is 1.72. The molecule has 3 heterocycles. The molecule has 2 aliphatic rings. The summed E-state index contributed by atoms with van der Waals surface area (Å²) in [6, 6.07) is 1.79. The van der Waals surface area contributed by atoms with Crippen molar-refractivity contribution in [3.8, 4) is 0 Å². The minimum absolute atomic E-state index is 0.0846. The predicted molar refractivity (Wildman–Crippen MR) is 92.8 cm³/mol. The lowest BCUT2D eigenvalue weighted by Crippen LogP contribution is -2.47. The summed E-state index contributed by atoms with van der Waals surface area (Å²) in [4.78, 5) is 14.4. The lowest BCUT2D eigenvalue weighted by Gasteiger charge is -2.42. The van der Waals surface area contributed by atoms with Crippen molar-refractivity contribution in [2.75, 3.05) is 46.2 Å². The van der Waals surface area contributed by atoms with E-state index in [9.17, 15) is 13.2 Å². The van der Waals surface area contributed by atoms with Crippen LogP contribution < -0.4 is 0 Å². The first kappa shape index (κ1) is 18.4. The molecule has 0 aromatic carbocycles. The zero-order chi connectivity index (χ0) is 18.2. The summed E-state index contributed by atoms with van der Waals surface area (Å²) in [5, 5.41) is 0. The van der Waals surface area contributed by atoms with E-state index in [-0.39, 0.29) is 17.2 Å². The van der Waals surface area contributed by atoms with Gasteiger partial charge in [-0.05, 0) is 31.2 Å². The first-order valence-electron chi connectivity index (χ1n) is 8.54.